The van der Waals surface area contributed by atoms with Gasteiger partial charge < -0.3 is 9.32 Å². The van der Waals surface area contributed by atoms with Crippen molar-refractivity contribution in [2.24, 2.45) is 0 Å². The molecule has 4 rings (SSSR count). The van der Waals surface area contributed by atoms with Gasteiger partial charge in [-0.3, -0.25) is 5.10 Å². The zero-order chi connectivity index (χ0) is 17.4. The molecule has 4 aromatic rings. The minimum Gasteiger partial charge on any atom is -0.422 e. The maximum atomic E-state index is 5.54. The van der Waals surface area contributed by atoms with Gasteiger partial charge in [0.15, 0.2) is 17.2 Å². The zero-order valence-electron chi connectivity index (χ0n) is 14.3. The van der Waals surface area contributed by atoms with Gasteiger partial charge in [-0.15, -0.1) is 0 Å². The maximum Gasteiger partial charge on any atom is 0.252 e. The summed E-state index contributed by atoms with van der Waals surface area (Å²) < 4.78 is 5.54. The Morgan fingerprint density at radius 2 is 1.88 bits per heavy atom. The molecule has 0 amide bonds. The van der Waals surface area contributed by atoms with Crippen LogP contribution in [0.2, 0.25) is 0 Å². The van der Waals surface area contributed by atoms with Gasteiger partial charge in [-0.05, 0) is 13.0 Å². The minimum absolute atomic E-state index is 0.515. The molecule has 7 nitrogen and oxygen atoms in total. The van der Waals surface area contributed by atoms with Crippen LogP contribution in [-0.2, 0) is 6.54 Å². The van der Waals surface area contributed by atoms with Crippen LogP contribution in [-0.4, -0.2) is 32.2 Å². The molecule has 0 atom stereocenters. The van der Waals surface area contributed by atoms with Crippen LogP contribution in [0.25, 0.3) is 22.5 Å². The standard InChI is InChI=1S/C18H18N6O/c1-11-19-17(16-18(20-11)25-12(2)21-16)24(3)10-14-9-15(23-22-14)13-7-5-4-6-8-13/h4-9H,10H2,1-3H3,(H,22,23). The smallest absolute Gasteiger partial charge is 0.252 e. The van der Waals surface area contributed by atoms with E-state index < -0.39 is 0 Å². The van der Waals surface area contributed by atoms with Gasteiger partial charge in [0.2, 0.25) is 0 Å². The molecule has 3 heterocycles. The lowest BCUT2D eigenvalue weighted by molar-refractivity contribution is 0.550. The van der Waals surface area contributed by atoms with Crippen LogP contribution in [0.15, 0.2) is 40.8 Å². The third kappa shape index (κ3) is 2.96. The van der Waals surface area contributed by atoms with Crippen molar-refractivity contribution >= 4 is 17.0 Å². The van der Waals surface area contributed by atoms with E-state index in [0.717, 1.165) is 22.8 Å². The lowest BCUT2D eigenvalue weighted by Crippen LogP contribution is -2.19. The number of aryl methyl sites for hydroxylation is 2. The van der Waals surface area contributed by atoms with E-state index in [-0.39, 0.29) is 0 Å². The normalized spacial score (nSPS) is 11.2. The van der Waals surface area contributed by atoms with Crippen LogP contribution in [0.3, 0.4) is 0 Å². The molecular formula is C18H18N6O. The van der Waals surface area contributed by atoms with Crippen molar-refractivity contribution in [3.8, 4) is 11.3 Å². The van der Waals surface area contributed by atoms with Gasteiger partial charge >= 0.3 is 0 Å². The quantitative estimate of drug-likeness (QED) is 0.617. The molecule has 1 N–H and O–H groups in total. The molecule has 1 aromatic carbocycles. The van der Waals surface area contributed by atoms with E-state index in [1.807, 2.05) is 62.2 Å². The van der Waals surface area contributed by atoms with Crippen molar-refractivity contribution in [1.82, 2.24) is 25.1 Å². The highest BCUT2D eigenvalue weighted by molar-refractivity contribution is 5.81. The molecule has 126 valence electrons. The number of H-pyrrole nitrogens is 1. The zero-order valence-corrected chi connectivity index (χ0v) is 14.3. The lowest BCUT2D eigenvalue weighted by Gasteiger charge is -2.17. The highest BCUT2D eigenvalue weighted by Gasteiger charge is 2.16. The number of rotatable bonds is 4. The van der Waals surface area contributed by atoms with E-state index in [1.165, 1.54) is 0 Å². The summed E-state index contributed by atoms with van der Waals surface area (Å²) in [6.45, 7) is 4.28. The van der Waals surface area contributed by atoms with E-state index >= 15 is 0 Å². The topological polar surface area (TPSA) is 83.7 Å². The Morgan fingerprint density at radius 3 is 2.68 bits per heavy atom. The molecule has 25 heavy (non-hydrogen) atoms. The number of aromatic amines is 1. The van der Waals surface area contributed by atoms with Crippen LogP contribution in [0.1, 0.15) is 17.4 Å². The van der Waals surface area contributed by atoms with Crippen LogP contribution in [0.4, 0.5) is 5.82 Å². The van der Waals surface area contributed by atoms with E-state index in [9.17, 15) is 0 Å². The summed E-state index contributed by atoms with van der Waals surface area (Å²) in [5, 5.41) is 7.49. The first-order valence-corrected chi connectivity index (χ1v) is 8.03. The van der Waals surface area contributed by atoms with Gasteiger partial charge in [-0.1, -0.05) is 30.3 Å². The Hall–Kier alpha value is -3.22. The van der Waals surface area contributed by atoms with Gasteiger partial charge in [-0.2, -0.15) is 10.1 Å². The summed E-state index contributed by atoms with van der Waals surface area (Å²) >= 11 is 0. The molecule has 7 heteroatoms. The maximum absolute atomic E-state index is 5.54. The number of benzene rings is 1. The molecule has 0 saturated heterocycles. The summed E-state index contributed by atoms with van der Waals surface area (Å²) in [6.07, 6.45) is 0. The van der Waals surface area contributed by atoms with E-state index in [0.29, 0.717) is 29.5 Å². The fourth-order valence-electron chi connectivity index (χ4n) is 2.81. The predicted octanol–water partition coefficient (Wildman–Crippen LogP) is 3.26. The van der Waals surface area contributed by atoms with E-state index in [1.54, 1.807) is 0 Å². The number of nitrogens with one attached hydrogen (secondary N) is 1. The first kappa shape index (κ1) is 15.3. The first-order valence-electron chi connectivity index (χ1n) is 8.03. The fraction of sp³-hybridized carbons (Fsp3) is 0.222. The number of aromatic nitrogens is 5. The molecule has 0 aliphatic rings. The molecule has 0 aliphatic carbocycles. The molecule has 0 unspecified atom stereocenters. The van der Waals surface area contributed by atoms with Crippen molar-refractivity contribution in [2.45, 2.75) is 20.4 Å². The highest BCUT2D eigenvalue weighted by atomic mass is 16.4. The summed E-state index contributed by atoms with van der Waals surface area (Å²) in [5.74, 6) is 1.98. The molecule has 0 saturated carbocycles. The van der Waals surface area contributed by atoms with E-state index in [2.05, 4.69) is 25.1 Å². The summed E-state index contributed by atoms with van der Waals surface area (Å²) in [6, 6.07) is 12.1. The first-order chi connectivity index (χ1) is 12.1. The second kappa shape index (κ2) is 6.01. The summed E-state index contributed by atoms with van der Waals surface area (Å²) in [4.78, 5) is 15.3. The molecule has 0 aliphatic heterocycles. The second-order valence-corrected chi connectivity index (χ2v) is 5.98. The Morgan fingerprint density at radius 1 is 1.08 bits per heavy atom. The van der Waals surface area contributed by atoms with Crippen molar-refractivity contribution < 1.29 is 4.42 Å². The number of anilines is 1. The van der Waals surface area contributed by atoms with Crippen LogP contribution in [0, 0.1) is 13.8 Å². The Labute approximate surface area is 144 Å². The van der Waals surface area contributed by atoms with Gasteiger partial charge in [0.25, 0.3) is 5.71 Å². The Bertz CT molecular complexity index is 1020. The summed E-state index contributed by atoms with van der Waals surface area (Å²) in [5.41, 5.74) is 4.19. The second-order valence-electron chi connectivity index (χ2n) is 5.98. The number of oxazole rings is 1. The van der Waals surface area contributed by atoms with Crippen LogP contribution < -0.4 is 4.90 Å². The lowest BCUT2D eigenvalue weighted by atomic mass is 10.1. The van der Waals surface area contributed by atoms with Gasteiger partial charge in [-0.25, -0.2) is 9.97 Å². The van der Waals surface area contributed by atoms with E-state index in [4.69, 9.17) is 4.42 Å². The molecule has 0 fully saturated rings. The number of hydrogen-bond acceptors (Lipinski definition) is 6. The van der Waals surface area contributed by atoms with Crippen molar-refractivity contribution in [1.29, 1.82) is 0 Å². The Balaban J connectivity index is 1.63. The Kier molecular flexibility index (Phi) is 3.68. The average Bonchev–Trinajstić information content (AvgIpc) is 3.20. The fourth-order valence-corrected chi connectivity index (χ4v) is 2.81. The van der Waals surface area contributed by atoms with Gasteiger partial charge in [0, 0.05) is 19.5 Å². The van der Waals surface area contributed by atoms with Crippen LogP contribution in [0.5, 0.6) is 0 Å². The predicted molar refractivity (Wildman–Crippen MR) is 95.2 cm³/mol. The van der Waals surface area contributed by atoms with Crippen molar-refractivity contribution in [2.75, 3.05) is 11.9 Å². The molecule has 0 bridgehead atoms. The van der Waals surface area contributed by atoms with Gasteiger partial charge in [0.1, 0.15) is 5.82 Å². The third-order valence-corrected chi connectivity index (χ3v) is 3.93. The third-order valence-electron chi connectivity index (χ3n) is 3.93. The molecule has 3 aromatic heterocycles. The largest absolute Gasteiger partial charge is 0.422 e. The minimum atomic E-state index is 0.515. The average molecular weight is 334 g/mol. The highest BCUT2D eigenvalue weighted by Crippen LogP contribution is 2.25. The molecule has 0 radical (unpaired) electrons. The van der Waals surface area contributed by atoms with Gasteiger partial charge in [0.05, 0.1) is 17.9 Å². The van der Waals surface area contributed by atoms with Crippen molar-refractivity contribution in [3.63, 3.8) is 0 Å². The van der Waals surface area contributed by atoms with Crippen molar-refractivity contribution in [3.05, 3.63) is 53.8 Å². The number of nitrogens with zero attached hydrogens (tertiary/aromatic N) is 5. The summed E-state index contributed by atoms with van der Waals surface area (Å²) in [7, 11) is 1.97. The number of fused-ring (bicyclic) bond motifs is 1. The monoisotopic (exact) mass is 334 g/mol. The molecular weight excluding hydrogens is 316 g/mol. The SMILES string of the molecule is Cc1nc(N(C)Cc2cc(-c3ccccc3)n[nH]2)c2nc(C)oc2n1. The molecule has 0 spiro atoms. The number of hydrogen-bond donors (Lipinski definition) is 1. The van der Waals surface area contributed by atoms with Crippen LogP contribution >= 0.6 is 0 Å².